The van der Waals surface area contributed by atoms with Gasteiger partial charge in [-0.25, -0.2) is 9.78 Å². The third kappa shape index (κ3) is 5.98. The Balaban J connectivity index is 1.13. The second kappa shape index (κ2) is 11.3. The fraction of sp³-hybridized carbons (Fsp3) is 0.344. The second-order valence-electron chi connectivity index (χ2n) is 10.8. The molecule has 7 nitrogen and oxygen atoms in total. The third-order valence-corrected chi connectivity index (χ3v) is 8.03. The van der Waals surface area contributed by atoms with Crippen LogP contribution in [-0.2, 0) is 0 Å². The molecule has 2 saturated carbocycles. The number of nitrogens with one attached hydrogen (secondary N) is 3. The lowest BCUT2D eigenvalue weighted by Crippen LogP contribution is -2.32. The molecule has 6 rings (SSSR count). The zero-order valence-corrected chi connectivity index (χ0v) is 22.3. The van der Waals surface area contributed by atoms with Gasteiger partial charge in [0, 0.05) is 29.1 Å². The zero-order chi connectivity index (χ0) is 26.6. The van der Waals surface area contributed by atoms with E-state index in [2.05, 4.69) is 45.0 Å². The molecule has 7 heteroatoms. The van der Waals surface area contributed by atoms with Crippen LogP contribution in [0.4, 0.5) is 16.4 Å². The monoisotopic (exact) mass is 521 g/mol. The maximum Gasteiger partial charge on any atom is 0.319 e. The number of benzene rings is 3. The first-order valence-electron chi connectivity index (χ1n) is 14.1. The van der Waals surface area contributed by atoms with Crippen molar-refractivity contribution < 1.29 is 9.53 Å². The molecule has 1 aromatic heterocycles. The number of ether oxygens (including phenoxy) is 1. The minimum atomic E-state index is -0.142. The van der Waals surface area contributed by atoms with E-state index in [1.165, 1.54) is 32.1 Å². The van der Waals surface area contributed by atoms with E-state index in [9.17, 15) is 4.79 Å². The van der Waals surface area contributed by atoms with Gasteiger partial charge in [0.15, 0.2) is 0 Å². The fourth-order valence-electron chi connectivity index (χ4n) is 5.86. The van der Waals surface area contributed by atoms with Crippen molar-refractivity contribution in [3.63, 3.8) is 0 Å². The molecule has 2 aliphatic carbocycles. The van der Waals surface area contributed by atoms with Crippen LogP contribution in [0.2, 0.25) is 0 Å². The number of anilines is 2. The highest BCUT2D eigenvalue weighted by atomic mass is 16.5. The van der Waals surface area contributed by atoms with E-state index in [1.807, 2.05) is 54.6 Å². The van der Waals surface area contributed by atoms with Gasteiger partial charge in [-0.3, -0.25) is 0 Å². The molecule has 3 N–H and O–H groups in total. The lowest BCUT2D eigenvalue weighted by atomic mass is 9.85. The van der Waals surface area contributed by atoms with Gasteiger partial charge < -0.3 is 20.7 Å². The lowest BCUT2D eigenvalue weighted by molar-refractivity contribution is 0.249. The minimum Gasteiger partial charge on any atom is -0.438 e. The van der Waals surface area contributed by atoms with E-state index in [1.54, 1.807) is 12.3 Å². The average Bonchev–Trinajstić information content (AvgIpc) is 3.74. The second-order valence-corrected chi connectivity index (χ2v) is 10.8. The molecule has 2 aliphatic rings. The van der Waals surface area contributed by atoms with Crippen molar-refractivity contribution in [1.82, 2.24) is 15.3 Å². The first-order chi connectivity index (χ1) is 19.1. The molecule has 1 heterocycles. The predicted molar refractivity (Wildman–Crippen MR) is 155 cm³/mol. The van der Waals surface area contributed by atoms with Crippen LogP contribution >= 0.6 is 0 Å². The zero-order valence-electron chi connectivity index (χ0n) is 22.3. The summed E-state index contributed by atoms with van der Waals surface area (Å²) in [5, 5.41) is 11.4. The van der Waals surface area contributed by atoms with E-state index in [-0.39, 0.29) is 12.1 Å². The SMILES string of the molecule is CC(Nc1nccc(Oc2ccc(NC(=O)NC3CC3C3CCCCC3)c3ccccc23)n1)c1ccccc1. The number of aromatic nitrogens is 2. The molecule has 3 unspecified atom stereocenters. The molecule has 3 aromatic carbocycles. The van der Waals surface area contributed by atoms with Crippen molar-refractivity contribution in [2.24, 2.45) is 11.8 Å². The number of hydrogen-bond donors (Lipinski definition) is 3. The summed E-state index contributed by atoms with van der Waals surface area (Å²) < 4.78 is 6.22. The summed E-state index contributed by atoms with van der Waals surface area (Å²) in [5.74, 6) is 3.03. The third-order valence-electron chi connectivity index (χ3n) is 8.03. The standard InChI is InChI=1S/C32H35N5O2/c1-21(22-10-4-2-5-11-22)34-31-33-19-18-30(37-31)39-29-17-16-27(24-14-8-9-15-25(24)29)35-32(38)36-28-20-26(28)23-12-6-3-7-13-23/h2,4-5,8-11,14-19,21,23,26,28H,3,6-7,12-13,20H2,1H3,(H,33,34,37)(H2,35,36,38). The van der Waals surface area contributed by atoms with Gasteiger partial charge in [0.2, 0.25) is 11.8 Å². The average molecular weight is 522 g/mol. The van der Waals surface area contributed by atoms with E-state index >= 15 is 0 Å². The Morgan fingerprint density at radius 1 is 0.923 bits per heavy atom. The van der Waals surface area contributed by atoms with Crippen LogP contribution in [0.25, 0.3) is 10.8 Å². The molecule has 0 aliphatic heterocycles. The number of carbonyl (C=O) groups is 1. The molecule has 0 radical (unpaired) electrons. The van der Waals surface area contributed by atoms with Crippen molar-refractivity contribution in [3.8, 4) is 11.6 Å². The highest BCUT2D eigenvalue weighted by molar-refractivity contribution is 6.04. The van der Waals surface area contributed by atoms with Crippen LogP contribution < -0.4 is 20.7 Å². The molecular formula is C32H35N5O2. The van der Waals surface area contributed by atoms with Gasteiger partial charge in [0.05, 0.1) is 11.7 Å². The Morgan fingerprint density at radius 3 is 2.51 bits per heavy atom. The summed E-state index contributed by atoms with van der Waals surface area (Å²) in [6.07, 6.45) is 9.44. The van der Waals surface area contributed by atoms with E-state index in [0.29, 0.717) is 29.5 Å². The van der Waals surface area contributed by atoms with Gasteiger partial charge >= 0.3 is 6.03 Å². The van der Waals surface area contributed by atoms with Crippen LogP contribution in [0.1, 0.15) is 57.1 Å². The van der Waals surface area contributed by atoms with E-state index < -0.39 is 0 Å². The maximum atomic E-state index is 12.9. The number of fused-ring (bicyclic) bond motifs is 1. The van der Waals surface area contributed by atoms with Crippen LogP contribution in [0.5, 0.6) is 11.6 Å². The minimum absolute atomic E-state index is 0.0485. The van der Waals surface area contributed by atoms with Crippen LogP contribution in [0.3, 0.4) is 0 Å². The topological polar surface area (TPSA) is 88.2 Å². The molecule has 3 atom stereocenters. The van der Waals surface area contributed by atoms with Gasteiger partial charge in [-0.15, -0.1) is 0 Å². The van der Waals surface area contributed by atoms with Crippen molar-refractivity contribution in [2.45, 2.75) is 57.5 Å². The Kier molecular flexibility index (Phi) is 7.30. The van der Waals surface area contributed by atoms with Gasteiger partial charge in [0.25, 0.3) is 0 Å². The van der Waals surface area contributed by atoms with Gasteiger partial charge in [0.1, 0.15) is 5.75 Å². The summed E-state index contributed by atoms with van der Waals surface area (Å²) >= 11 is 0. The highest BCUT2D eigenvalue weighted by Crippen LogP contribution is 2.44. The smallest absolute Gasteiger partial charge is 0.319 e. The Hall–Kier alpha value is -4.13. The molecule has 2 fully saturated rings. The molecular weight excluding hydrogens is 486 g/mol. The quantitative estimate of drug-likeness (QED) is 0.221. The molecule has 2 amide bonds. The lowest BCUT2D eigenvalue weighted by Gasteiger charge is -2.21. The maximum absolute atomic E-state index is 12.9. The number of rotatable bonds is 8. The summed E-state index contributed by atoms with van der Waals surface area (Å²) in [6, 6.07) is 23.8. The summed E-state index contributed by atoms with van der Waals surface area (Å²) in [7, 11) is 0. The number of hydrogen-bond acceptors (Lipinski definition) is 5. The van der Waals surface area contributed by atoms with E-state index in [4.69, 9.17) is 4.74 Å². The molecule has 4 aromatic rings. The molecule has 0 bridgehead atoms. The van der Waals surface area contributed by atoms with Crippen molar-refractivity contribution in [2.75, 3.05) is 10.6 Å². The molecule has 200 valence electrons. The first-order valence-corrected chi connectivity index (χ1v) is 14.1. The normalized spacial score (nSPS) is 19.7. The van der Waals surface area contributed by atoms with Gasteiger partial charge in [-0.2, -0.15) is 4.98 Å². The van der Waals surface area contributed by atoms with Crippen LogP contribution in [0, 0.1) is 11.8 Å². The summed E-state index contributed by atoms with van der Waals surface area (Å²) in [5.41, 5.74) is 1.91. The summed E-state index contributed by atoms with van der Waals surface area (Å²) in [6.45, 7) is 2.07. The largest absolute Gasteiger partial charge is 0.438 e. The Bertz CT molecular complexity index is 1440. The summed E-state index contributed by atoms with van der Waals surface area (Å²) in [4.78, 5) is 21.8. The highest BCUT2D eigenvalue weighted by Gasteiger charge is 2.43. The van der Waals surface area contributed by atoms with Crippen molar-refractivity contribution in [3.05, 3.63) is 84.6 Å². The van der Waals surface area contributed by atoms with Crippen molar-refractivity contribution in [1.29, 1.82) is 0 Å². The Labute approximate surface area is 229 Å². The molecule has 0 spiro atoms. The van der Waals surface area contributed by atoms with Crippen molar-refractivity contribution >= 4 is 28.4 Å². The van der Waals surface area contributed by atoms with Crippen LogP contribution in [-0.4, -0.2) is 22.0 Å². The number of amides is 2. The van der Waals surface area contributed by atoms with E-state index in [0.717, 1.165) is 34.4 Å². The number of nitrogens with zero attached hydrogens (tertiary/aromatic N) is 2. The number of urea groups is 1. The van der Waals surface area contributed by atoms with Gasteiger partial charge in [-0.05, 0) is 42.9 Å². The predicted octanol–water partition coefficient (Wildman–Crippen LogP) is 7.69. The van der Waals surface area contributed by atoms with Gasteiger partial charge in [-0.1, -0.05) is 86.7 Å². The first kappa shape index (κ1) is 25.2. The van der Waals surface area contributed by atoms with Crippen LogP contribution in [0.15, 0.2) is 79.0 Å². The Morgan fingerprint density at radius 2 is 1.69 bits per heavy atom. The molecule has 0 saturated heterocycles. The molecule has 39 heavy (non-hydrogen) atoms. The number of carbonyl (C=O) groups excluding carboxylic acids is 1. The fourth-order valence-corrected chi connectivity index (χ4v) is 5.86.